The minimum absolute atomic E-state index is 0.134. The van der Waals surface area contributed by atoms with E-state index in [1.807, 2.05) is 4.90 Å². The van der Waals surface area contributed by atoms with E-state index in [4.69, 9.17) is 5.73 Å². The first-order valence-electron chi connectivity index (χ1n) is 7.69. The molecule has 3 N–H and O–H groups in total. The summed E-state index contributed by atoms with van der Waals surface area (Å²) in [5.41, 5.74) is 6.83. The Bertz CT molecular complexity index is 536. The lowest BCUT2D eigenvalue weighted by Crippen LogP contribution is -2.48. The third-order valence-electron chi connectivity index (χ3n) is 4.54. The molecule has 0 unspecified atom stereocenters. The van der Waals surface area contributed by atoms with Crippen molar-refractivity contribution in [1.82, 2.24) is 0 Å². The summed E-state index contributed by atoms with van der Waals surface area (Å²) in [5.74, 6) is -0.411. The van der Waals surface area contributed by atoms with Gasteiger partial charge in [0.25, 0.3) is 0 Å². The van der Waals surface area contributed by atoms with Crippen LogP contribution in [-0.4, -0.2) is 24.5 Å². The average molecular weight is 291 g/mol. The van der Waals surface area contributed by atoms with Gasteiger partial charge in [0.15, 0.2) is 0 Å². The fourth-order valence-electron chi connectivity index (χ4n) is 3.13. The zero-order chi connectivity index (χ0) is 14.9. The van der Waals surface area contributed by atoms with Crippen LogP contribution in [0.15, 0.2) is 18.2 Å². The summed E-state index contributed by atoms with van der Waals surface area (Å²) in [6.07, 6.45) is 5.39. The third kappa shape index (κ3) is 3.18. The number of hydrogen-bond donors (Lipinski definition) is 2. The van der Waals surface area contributed by atoms with Crippen LogP contribution in [0.2, 0.25) is 0 Å². The third-order valence-corrected chi connectivity index (χ3v) is 4.54. The fourth-order valence-corrected chi connectivity index (χ4v) is 3.13. The van der Waals surface area contributed by atoms with Crippen molar-refractivity contribution in [1.29, 1.82) is 0 Å². The predicted molar refractivity (Wildman–Crippen MR) is 81.9 cm³/mol. The molecule has 1 aromatic carbocycles. The number of amides is 1. The molecule has 0 spiro atoms. The number of halogens is 1. The molecule has 5 heteroatoms. The van der Waals surface area contributed by atoms with Crippen molar-refractivity contribution < 1.29 is 9.18 Å². The Hall–Kier alpha value is -1.62. The number of anilines is 2. The van der Waals surface area contributed by atoms with E-state index in [-0.39, 0.29) is 17.3 Å². The van der Waals surface area contributed by atoms with Crippen LogP contribution < -0.4 is 16.0 Å². The van der Waals surface area contributed by atoms with E-state index in [0.717, 1.165) is 45.2 Å². The van der Waals surface area contributed by atoms with Crippen LogP contribution in [0, 0.1) is 5.82 Å². The summed E-state index contributed by atoms with van der Waals surface area (Å²) in [4.78, 5) is 14.0. The molecule has 1 saturated carbocycles. The van der Waals surface area contributed by atoms with Crippen LogP contribution in [-0.2, 0) is 4.79 Å². The number of carbonyl (C=O) groups excluding carboxylic acids is 1. The smallest absolute Gasteiger partial charge is 0.226 e. The molecule has 1 saturated heterocycles. The van der Waals surface area contributed by atoms with Crippen LogP contribution in [0.1, 0.15) is 38.5 Å². The van der Waals surface area contributed by atoms with Gasteiger partial charge >= 0.3 is 0 Å². The van der Waals surface area contributed by atoms with Crippen LogP contribution in [0.4, 0.5) is 15.8 Å². The molecule has 2 aliphatic rings. The zero-order valence-corrected chi connectivity index (χ0v) is 12.2. The summed E-state index contributed by atoms with van der Waals surface area (Å²) in [6.45, 7) is 1.80. The van der Waals surface area contributed by atoms with E-state index in [1.54, 1.807) is 12.1 Å². The lowest BCUT2D eigenvalue weighted by Gasteiger charge is -2.37. The van der Waals surface area contributed by atoms with Crippen LogP contribution in [0.25, 0.3) is 0 Å². The van der Waals surface area contributed by atoms with Crippen molar-refractivity contribution in [3.05, 3.63) is 24.0 Å². The second-order valence-corrected chi connectivity index (χ2v) is 6.30. The Kier molecular flexibility index (Phi) is 3.85. The maximum atomic E-state index is 14.1. The SMILES string of the molecule is NC1(CC(=O)Nc2ccc(N3CCCC3)c(F)c2)CCC1. The minimum atomic E-state index is -0.349. The predicted octanol–water partition coefficient (Wildman–Crippen LogP) is 2.64. The summed E-state index contributed by atoms with van der Waals surface area (Å²) in [5, 5.41) is 2.75. The molecule has 1 aliphatic heterocycles. The molecule has 1 aromatic rings. The van der Waals surface area contributed by atoms with Crippen LogP contribution >= 0.6 is 0 Å². The van der Waals surface area contributed by atoms with Gasteiger partial charge in [0.2, 0.25) is 5.91 Å². The van der Waals surface area contributed by atoms with Gasteiger partial charge in [0.05, 0.1) is 5.69 Å². The Balaban J connectivity index is 1.63. The minimum Gasteiger partial charge on any atom is -0.369 e. The quantitative estimate of drug-likeness (QED) is 0.896. The highest BCUT2D eigenvalue weighted by Gasteiger charge is 2.34. The van der Waals surface area contributed by atoms with E-state index in [2.05, 4.69) is 5.32 Å². The molecular formula is C16H22FN3O. The molecule has 1 heterocycles. The standard InChI is InChI=1S/C16H22FN3O/c17-13-10-12(4-5-14(13)20-8-1-2-9-20)19-15(21)11-16(18)6-3-7-16/h4-5,10H,1-3,6-9,11,18H2,(H,19,21). The Morgan fingerprint density at radius 2 is 2.00 bits per heavy atom. The summed E-state index contributed by atoms with van der Waals surface area (Å²) in [7, 11) is 0. The molecule has 0 aromatic heterocycles. The highest BCUT2D eigenvalue weighted by atomic mass is 19.1. The lowest BCUT2D eigenvalue weighted by molar-refractivity contribution is -0.118. The van der Waals surface area contributed by atoms with E-state index in [1.165, 1.54) is 6.07 Å². The molecule has 21 heavy (non-hydrogen) atoms. The van der Waals surface area contributed by atoms with E-state index >= 15 is 0 Å². The molecule has 3 rings (SSSR count). The molecule has 0 atom stereocenters. The van der Waals surface area contributed by atoms with Crippen molar-refractivity contribution in [2.24, 2.45) is 5.73 Å². The van der Waals surface area contributed by atoms with Crippen molar-refractivity contribution in [2.75, 3.05) is 23.3 Å². The molecule has 0 radical (unpaired) electrons. The normalized spacial score (nSPS) is 20.2. The average Bonchev–Trinajstić information content (AvgIpc) is 2.90. The van der Waals surface area contributed by atoms with E-state index < -0.39 is 0 Å². The second-order valence-electron chi connectivity index (χ2n) is 6.30. The first-order chi connectivity index (χ1) is 10.1. The Morgan fingerprint density at radius 3 is 2.57 bits per heavy atom. The van der Waals surface area contributed by atoms with E-state index in [0.29, 0.717) is 17.8 Å². The molecule has 114 valence electrons. The molecule has 1 aliphatic carbocycles. The summed E-state index contributed by atoms with van der Waals surface area (Å²) < 4.78 is 14.1. The molecule has 4 nitrogen and oxygen atoms in total. The zero-order valence-electron chi connectivity index (χ0n) is 12.2. The van der Waals surface area contributed by atoms with Gasteiger partial charge in [-0.05, 0) is 50.3 Å². The van der Waals surface area contributed by atoms with Gasteiger partial charge in [-0.2, -0.15) is 0 Å². The van der Waals surface area contributed by atoms with Crippen molar-refractivity contribution in [3.8, 4) is 0 Å². The number of nitrogens with one attached hydrogen (secondary N) is 1. The Morgan fingerprint density at radius 1 is 1.29 bits per heavy atom. The molecular weight excluding hydrogens is 269 g/mol. The maximum absolute atomic E-state index is 14.1. The first-order valence-corrected chi connectivity index (χ1v) is 7.69. The number of carbonyl (C=O) groups is 1. The largest absolute Gasteiger partial charge is 0.369 e. The van der Waals surface area contributed by atoms with E-state index in [9.17, 15) is 9.18 Å². The first kappa shape index (κ1) is 14.3. The van der Waals surface area contributed by atoms with Crippen molar-refractivity contribution in [2.45, 2.75) is 44.1 Å². The van der Waals surface area contributed by atoms with Gasteiger partial charge in [-0.15, -0.1) is 0 Å². The lowest BCUT2D eigenvalue weighted by atomic mass is 9.75. The van der Waals surface area contributed by atoms with Gasteiger partial charge < -0.3 is 16.0 Å². The van der Waals surface area contributed by atoms with Crippen molar-refractivity contribution >= 4 is 17.3 Å². The fraction of sp³-hybridized carbons (Fsp3) is 0.562. The van der Waals surface area contributed by atoms with Crippen LogP contribution in [0.3, 0.4) is 0 Å². The molecule has 1 amide bonds. The highest BCUT2D eigenvalue weighted by Crippen LogP contribution is 2.32. The Labute approximate surface area is 124 Å². The summed E-state index contributed by atoms with van der Waals surface area (Å²) in [6, 6.07) is 4.91. The number of nitrogens with zero attached hydrogens (tertiary/aromatic N) is 1. The summed E-state index contributed by atoms with van der Waals surface area (Å²) >= 11 is 0. The molecule has 2 fully saturated rings. The van der Waals surface area contributed by atoms with Gasteiger partial charge in [-0.25, -0.2) is 4.39 Å². The van der Waals surface area contributed by atoms with Gasteiger partial charge in [-0.3, -0.25) is 4.79 Å². The van der Waals surface area contributed by atoms with Gasteiger partial charge in [0.1, 0.15) is 5.82 Å². The molecule has 0 bridgehead atoms. The monoisotopic (exact) mass is 291 g/mol. The maximum Gasteiger partial charge on any atom is 0.226 e. The second kappa shape index (κ2) is 5.64. The van der Waals surface area contributed by atoms with Crippen LogP contribution in [0.5, 0.6) is 0 Å². The topological polar surface area (TPSA) is 58.4 Å². The number of hydrogen-bond acceptors (Lipinski definition) is 3. The number of rotatable bonds is 4. The van der Waals surface area contributed by atoms with Gasteiger partial charge in [0, 0.05) is 30.7 Å². The number of benzene rings is 1. The number of nitrogens with two attached hydrogens (primary N) is 1. The van der Waals surface area contributed by atoms with Crippen molar-refractivity contribution in [3.63, 3.8) is 0 Å². The highest BCUT2D eigenvalue weighted by molar-refractivity contribution is 5.91. The van der Waals surface area contributed by atoms with Gasteiger partial charge in [-0.1, -0.05) is 0 Å².